The maximum Gasteiger partial charge on any atom is 0.0642 e. The Hall–Kier alpha value is -0.730. The van der Waals surface area contributed by atoms with E-state index in [4.69, 9.17) is 17.3 Å². The van der Waals surface area contributed by atoms with Crippen molar-refractivity contribution in [3.8, 4) is 0 Å². The number of anilines is 1. The van der Waals surface area contributed by atoms with Crippen LogP contribution in [0.15, 0.2) is 18.2 Å². The van der Waals surface area contributed by atoms with Gasteiger partial charge < -0.3 is 10.6 Å². The second-order valence-electron chi connectivity index (χ2n) is 4.87. The van der Waals surface area contributed by atoms with Crippen molar-refractivity contribution in [2.24, 2.45) is 5.73 Å². The number of rotatable bonds is 4. The zero-order valence-corrected chi connectivity index (χ0v) is 11.2. The lowest BCUT2D eigenvalue weighted by Crippen LogP contribution is -2.28. The quantitative estimate of drug-likeness (QED) is 0.892. The molecule has 1 saturated carbocycles. The van der Waals surface area contributed by atoms with Crippen molar-refractivity contribution in [2.45, 2.75) is 38.1 Å². The molecule has 0 heterocycles. The SMILES string of the molecule is CN(c1ccc(CCN)cc1Cl)C1CCCC1. The molecule has 0 bridgehead atoms. The Morgan fingerprint density at radius 1 is 1.35 bits per heavy atom. The lowest BCUT2D eigenvalue weighted by atomic mass is 10.1. The Labute approximate surface area is 109 Å². The van der Waals surface area contributed by atoms with E-state index >= 15 is 0 Å². The van der Waals surface area contributed by atoms with E-state index in [2.05, 4.69) is 30.1 Å². The van der Waals surface area contributed by atoms with Gasteiger partial charge in [-0.3, -0.25) is 0 Å². The number of hydrogen-bond donors (Lipinski definition) is 1. The minimum absolute atomic E-state index is 0.660. The molecule has 0 radical (unpaired) electrons. The second kappa shape index (κ2) is 5.74. The van der Waals surface area contributed by atoms with Crippen LogP contribution in [-0.4, -0.2) is 19.6 Å². The summed E-state index contributed by atoms with van der Waals surface area (Å²) in [6, 6.07) is 6.98. The first-order valence-corrected chi connectivity index (χ1v) is 6.81. The van der Waals surface area contributed by atoms with E-state index in [9.17, 15) is 0 Å². The van der Waals surface area contributed by atoms with E-state index in [1.54, 1.807) is 0 Å². The van der Waals surface area contributed by atoms with Gasteiger partial charge in [-0.25, -0.2) is 0 Å². The highest BCUT2D eigenvalue weighted by Crippen LogP contribution is 2.32. The summed E-state index contributed by atoms with van der Waals surface area (Å²) in [4.78, 5) is 2.33. The summed E-state index contributed by atoms with van der Waals surface area (Å²) in [6.45, 7) is 0.675. The predicted molar refractivity (Wildman–Crippen MR) is 74.9 cm³/mol. The Kier molecular flexibility index (Phi) is 4.30. The Bertz CT molecular complexity index is 372. The first-order valence-electron chi connectivity index (χ1n) is 6.43. The second-order valence-corrected chi connectivity index (χ2v) is 5.28. The van der Waals surface area contributed by atoms with E-state index in [0.29, 0.717) is 12.6 Å². The smallest absolute Gasteiger partial charge is 0.0642 e. The molecule has 0 aromatic heterocycles. The van der Waals surface area contributed by atoms with Crippen LogP contribution in [0.5, 0.6) is 0 Å². The van der Waals surface area contributed by atoms with Gasteiger partial charge in [0.2, 0.25) is 0 Å². The highest BCUT2D eigenvalue weighted by Gasteiger charge is 2.21. The topological polar surface area (TPSA) is 29.3 Å². The van der Waals surface area contributed by atoms with Gasteiger partial charge in [0.25, 0.3) is 0 Å². The molecule has 1 aromatic carbocycles. The summed E-state index contributed by atoms with van der Waals surface area (Å²) in [5, 5.41) is 0.852. The Morgan fingerprint density at radius 2 is 2.06 bits per heavy atom. The Morgan fingerprint density at radius 3 is 2.65 bits per heavy atom. The molecule has 94 valence electrons. The van der Waals surface area contributed by atoms with Gasteiger partial charge in [0, 0.05) is 13.1 Å². The van der Waals surface area contributed by atoms with E-state index in [-0.39, 0.29) is 0 Å². The van der Waals surface area contributed by atoms with Gasteiger partial charge in [-0.1, -0.05) is 30.5 Å². The molecule has 1 aliphatic carbocycles. The van der Waals surface area contributed by atoms with Gasteiger partial charge in [-0.2, -0.15) is 0 Å². The number of nitrogens with two attached hydrogens (primary N) is 1. The van der Waals surface area contributed by atoms with Gasteiger partial charge in [0.05, 0.1) is 10.7 Å². The standard InChI is InChI=1S/C14H21ClN2/c1-17(12-4-2-3-5-12)14-7-6-11(8-9-16)10-13(14)15/h6-7,10,12H,2-5,8-9,16H2,1H3. The Balaban J connectivity index is 2.14. The molecule has 0 unspecified atom stereocenters. The first-order chi connectivity index (χ1) is 8.22. The third-order valence-corrected chi connectivity index (χ3v) is 4.00. The molecule has 1 aliphatic rings. The molecule has 0 amide bonds. The fourth-order valence-electron chi connectivity index (χ4n) is 2.65. The lowest BCUT2D eigenvalue weighted by Gasteiger charge is -2.27. The van der Waals surface area contributed by atoms with Crippen molar-refractivity contribution in [1.29, 1.82) is 0 Å². The molecule has 17 heavy (non-hydrogen) atoms. The van der Waals surface area contributed by atoms with Crippen LogP contribution in [-0.2, 0) is 6.42 Å². The number of benzene rings is 1. The fraction of sp³-hybridized carbons (Fsp3) is 0.571. The first kappa shape index (κ1) is 12.7. The van der Waals surface area contributed by atoms with Crippen LogP contribution in [0.4, 0.5) is 5.69 Å². The van der Waals surface area contributed by atoms with Crippen LogP contribution >= 0.6 is 11.6 Å². The lowest BCUT2D eigenvalue weighted by molar-refractivity contribution is 0.653. The molecule has 2 nitrogen and oxygen atoms in total. The fourth-order valence-corrected chi connectivity index (χ4v) is 2.98. The molecule has 0 atom stereocenters. The van der Waals surface area contributed by atoms with Crippen molar-refractivity contribution < 1.29 is 0 Å². The van der Waals surface area contributed by atoms with E-state index in [1.165, 1.54) is 31.2 Å². The van der Waals surface area contributed by atoms with Crippen LogP contribution in [0.2, 0.25) is 5.02 Å². The van der Waals surface area contributed by atoms with Crippen molar-refractivity contribution in [3.05, 3.63) is 28.8 Å². The largest absolute Gasteiger partial charge is 0.370 e. The molecule has 0 saturated heterocycles. The monoisotopic (exact) mass is 252 g/mol. The molecule has 1 aromatic rings. The van der Waals surface area contributed by atoms with Gasteiger partial charge >= 0.3 is 0 Å². The molecule has 0 aliphatic heterocycles. The maximum atomic E-state index is 6.36. The predicted octanol–water partition coefficient (Wildman–Crippen LogP) is 3.22. The summed E-state index contributed by atoms with van der Waals surface area (Å²) in [5.74, 6) is 0. The van der Waals surface area contributed by atoms with E-state index < -0.39 is 0 Å². The average Bonchev–Trinajstić information content (AvgIpc) is 2.82. The van der Waals surface area contributed by atoms with Crippen LogP contribution in [0, 0.1) is 0 Å². The zero-order valence-electron chi connectivity index (χ0n) is 10.5. The third-order valence-electron chi connectivity index (χ3n) is 3.70. The normalized spacial score (nSPS) is 16.4. The van der Waals surface area contributed by atoms with Gasteiger partial charge in [0.1, 0.15) is 0 Å². The molecule has 1 fully saturated rings. The number of halogens is 1. The molecular weight excluding hydrogens is 232 g/mol. The highest BCUT2D eigenvalue weighted by molar-refractivity contribution is 6.33. The molecule has 0 spiro atoms. The van der Waals surface area contributed by atoms with Crippen LogP contribution in [0.1, 0.15) is 31.2 Å². The average molecular weight is 253 g/mol. The summed E-state index contributed by atoms with van der Waals surface area (Å²) in [5.41, 5.74) is 7.93. The molecular formula is C14H21ClN2. The third kappa shape index (κ3) is 2.93. The van der Waals surface area contributed by atoms with Crippen molar-refractivity contribution in [1.82, 2.24) is 0 Å². The summed E-state index contributed by atoms with van der Waals surface area (Å²) >= 11 is 6.36. The van der Waals surface area contributed by atoms with E-state index in [1.807, 2.05) is 0 Å². The maximum absolute atomic E-state index is 6.36. The summed E-state index contributed by atoms with van der Waals surface area (Å²) in [7, 11) is 2.15. The van der Waals surface area contributed by atoms with Gasteiger partial charge in [0.15, 0.2) is 0 Å². The van der Waals surface area contributed by atoms with Gasteiger partial charge in [-0.15, -0.1) is 0 Å². The van der Waals surface area contributed by atoms with Crippen molar-refractivity contribution >= 4 is 17.3 Å². The van der Waals surface area contributed by atoms with Crippen LogP contribution in [0.25, 0.3) is 0 Å². The molecule has 2 rings (SSSR count). The number of hydrogen-bond acceptors (Lipinski definition) is 2. The van der Waals surface area contributed by atoms with Gasteiger partial charge in [-0.05, 0) is 43.5 Å². The summed E-state index contributed by atoms with van der Waals surface area (Å²) in [6.07, 6.45) is 6.16. The van der Waals surface area contributed by atoms with E-state index in [0.717, 1.165) is 17.1 Å². The van der Waals surface area contributed by atoms with Crippen LogP contribution in [0.3, 0.4) is 0 Å². The van der Waals surface area contributed by atoms with Crippen molar-refractivity contribution in [3.63, 3.8) is 0 Å². The summed E-state index contributed by atoms with van der Waals surface area (Å²) < 4.78 is 0. The highest BCUT2D eigenvalue weighted by atomic mass is 35.5. The van der Waals surface area contributed by atoms with Crippen molar-refractivity contribution in [2.75, 3.05) is 18.5 Å². The minimum atomic E-state index is 0.660. The molecule has 2 N–H and O–H groups in total. The zero-order chi connectivity index (χ0) is 12.3. The minimum Gasteiger partial charge on any atom is -0.370 e. The number of nitrogens with zero attached hydrogens (tertiary/aromatic N) is 1. The molecule has 3 heteroatoms. The van der Waals surface area contributed by atoms with Crippen LogP contribution < -0.4 is 10.6 Å².